The molecule has 1 N–H and O–H groups in total. The number of sulfone groups is 1. The first-order chi connectivity index (χ1) is 13.1. The zero-order valence-corrected chi connectivity index (χ0v) is 17.7. The van der Waals surface area contributed by atoms with E-state index in [1.165, 1.54) is 12.1 Å². The van der Waals surface area contributed by atoms with Gasteiger partial charge in [-0.1, -0.05) is 40.2 Å². The van der Waals surface area contributed by atoms with E-state index in [1.807, 2.05) is 0 Å². The van der Waals surface area contributed by atoms with Gasteiger partial charge < -0.3 is 9.84 Å². The highest BCUT2D eigenvalue weighted by molar-refractivity contribution is 9.10. The lowest BCUT2D eigenvalue weighted by Crippen LogP contribution is -2.14. The van der Waals surface area contributed by atoms with Crippen LogP contribution < -0.4 is 0 Å². The molecule has 0 aliphatic heterocycles. The Morgan fingerprint density at radius 2 is 1.71 bits per heavy atom. The van der Waals surface area contributed by atoms with E-state index in [4.69, 9.17) is 4.74 Å². The molecule has 0 unspecified atom stereocenters. The summed E-state index contributed by atoms with van der Waals surface area (Å²) in [6.07, 6.45) is 0.566. The van der Waals surface area contributed by atoms with Crippen LogP contribution >= 0.6 is 15.9 Å². The topological polar surface area (TPSA) is 97.7 Å². The Morgan fingerprint density at radius 1 is 1.07 bits per heavy atom. The smallest absolute Gasteiger partial charge is 0.335 e. The molecule has 0 aromatic heterocycles. The average Bonchev–Trinajstić information content (AvgIpc) is 2.61. The highest BCUT2D eigenvalue weighted by Crippen LogP contribution is 2.31. The molecule has 6 nitrogen and oxygen atoms in total. The largest absolute Gasteiger partial charge is 0.481 e. The van der Waals surface area contributed by atoms with Crippen molar-refractivity contribution < 1.29 is 27.9 Å². The summed E-state index contributed by atoms with van der Waals surface area (Å²) in [4.78, 5) is 24.1. The van der Waals surface area contributed by atoms with E-state index in [2.05, 4.69) is 15.9 Å². The third kappa shape index (κ3) is 5.53. The van der Waals surface area contributed by atoms with Crippen LogP contribution in [-0.2, 0) is 24.2 Å². The fourth-order valence-corrected chi connectivity index (χ4v) is 3.69. The van der Waals surface area contributed by atoms with Crippen molar-refractivity contribution in [3.05, 3.63) is 69.7 Å². The second-order valence-corrected chi connectivity index (χ2v) is 8.88. The summed E-state index contributed by atoms with van der Waals surface area (Å²) in [5, 5.41) is 9.32. The molecule has 0 aliphatic rings. The zero-order valence-electron chi connectivity index (χ0n) is 15.3. The Bertz CT molecular complexity index is 1020. The van der Waals surface area contributed by atoms with Crippen molar-refractivity contribution in [3.8, 4) is 0 Å². The Morgan fingerprint density at radius 3 is 2.21 bits per heavy atom. The first-order valence-corrected chi connectivity index (χ1v) is 11.0. The van der Waals surface area contributed by atoms with Gasteiger partial charge in [-0.3, -0.25) is 4.79 Å². The molecule has 0 aliphatic carbocycles. The molecule has 0 bridgehead atoms. The zero-order chi connectivity index (χ0) is 20.9. The first kappa shape index (κ1) is 21.8. The van der Waals surface area contributed by atoms with Crippen molar-refractivity contribution in [1.82, 2.24) is 0 Å². The predicted octanol–water partition coefficient (Wildman–Crippen LogP) is 3.69. The summed E-state index contributed by atoms with van der Waals surface area (Å²) in [6.45, 7) is 1.73. The van der Waals surface area contributed by atoms with E-state index in [0.717, 1.165) is 10.7 Å². The number of esters is 1. The Labute approximate surface area is 171 Å². The van der Waals surface area contributed by atoms with Gasteiger partial charge in [0.05, 0.1) is 23.5 Å². The number of hydrogen-bond donors (Lipinski definition) is 1. The van der Waals surface area contributed by atoms with Crippen molar-refractivity contribution in [2.75, 3.05) is 12.9 Å². The SMILES string of the molecule is CCOC(=O)/C(CC(=O)O)=C(\c1ccc(S(C)(=O)=O)cc1)c1cccc(Br)c1. The summed E-state index contributed by atoms with van der Waals surface area (Å²) < 4.78 is 29.3. The van der Waals surface area contributed by atoms with Crippen molar-refractivity contribution >= 4 is 43.3 Å². The molecule has 0 radical (unpaired) electrons. The second kappa shape index (κ2) is 9.16. The van der Waals surface area contributed by atoms with Crippen LogP contribution in [0.5, 0.6) is 0 Å². The number of rotatable bonds is 7. The molecule has 2 aromatic rings. The number of carboxylic acids is 1. The lowest BCUT2D eigenvalue weighted by atomic mass is 9.91. The van der Waals surface area contributed by atoms with Crippen LogP contribution in [0.25, 0.3) is 5.57 Å². The Kier molecular flexibility index (Phi) is 7.15. The third-order valence-electron chi connectivity index (χ3n) is 3.84. The normalized spacial score (nSPS) is 12.2. The summed E-state index contributed by atoms with van der Waals surface area (Å²) in [5.41, 5.74) is 1.47. The molecule has 28 heavy (non-hydrogen) atoms. The fraction of sp³-hybridized carbons (Fsp3) is 0.200. The van der Waals surface area contributed by atoms with E-state index in [0.29, 0.717) is 16.7 Å². The van der Waals surface area contributed by atoms with E-state index in [9.17, 15) is 23.1 Å². The number of carbonyl (C=O) groups excluding carboxylic acids is 1. The molecule has 0 amide bonds. The molecule has 0 atom stereocenters. The molecule has 0 saturated carbocycles. The summed E-state index contributed by atoms with van der Waals surface area (Å²) in [6, 6.07) is 13.0. The molecule has 0 spiro atoms. The molecular weight excluding hydrogens is 448 g/mol. The van der Waals surface area contributed by atoms with Crippen LogP contribution in [0, 0.1) is 0 Å². The minimum Gasteiger partial charge on any atom is -0.481 e. The van der Waals surface area contributed by atoms with Gasteiger partial charge in [-0.05, 0) is 47.9 Å². The molecule has 2 rings (SSSR count). The van der Waals surface area contributed by atoms with Gasteiger partial charge in [0.25, 0.3) is 0 Å². The van der Waals surface area contributed by atoms with Crippen LogP contribution in [0.1, 0.15) is 24.5 Å². The number of benzene rings is 2. The Balaban J connectivity index is 2.77. The van der Waals surface area contributed by atoms with E-state index < -0.39 is 28.2 Å². The van der Waals surface area contributed by atoms with Gasteiger partial charge in [0, 0.05) is 10.7 Å². The van der Waals surface area contributed by atoms with E-state index in [-0.39, 0.29) is 17.1 Å². The van der Waals surface area contributed by atoms with Gasteiger partial charge in [0.15, 0.2) is 9.84 Å². The van der Waals surface area contributed by atoms with Gasteiger partial charge in [-0.25, -0.2) is 13.2 Å². The second-order valence-electron chi connectivity index (χ2n) is 5.95. The minimum atomic E-state index is -3.39. The number of hydrogen-bond acceptors (Lipinski definition) is 5. The fourth-order valence-electron chi connectivity index (χ4n) is 2.66. The number of halogens is 1. The van der Waals surface area contributed by atoms with Crippen LogP contribution in [0.4, 0.5) is 0 Å². The number of aliphatic carboxylic acids is 1. The van der Waals surface area contributed by atoms with Crippen LogP contribution in [-0.4, -0.2) is 38.3 Å². The lowest BCUT2D eigenvalue weighted by Gasteiger charge is -2.15. The molecule has 0 fully saturated rings. The van der Waals surface area contributed by atoms with Crippen LogP contribution in [0.3, 0.4) is 0 Å². The molecule has 148 valence electrons. The number of ether oxygens (including phenoxy) is 1. The summed E-state index contributed by atoms with van der Waals surface area (Å²) >= 11 is 3.37. The number of carbonyl (C=O) groups is 2. The van der Waals surface area contributed by atoms with E-state index in [1.54, 1.807) is 43.3 Å². The molecular formula is C20H19BrO6S. The van der Waals surface area contributed by atoms with Crippen molar-refractivity contribution in [3.63, 3.8) is 0 Å². The average molecular weight is 467 g/mol. The van der Waals surface area contributed by atoms with Crippen molar-refractivity contribution in [1.29, 1.82) is 0 Å². The first-order valence-electron chi connectivity index (χ1n) is 8.32. The minimum absolute atomic E-state index is 0.0143. The quantitative estimate of drug-likeness (QED) is 0.493. The molecule has 0 heterocycles. The molecule has 0 saturated heterocycles. The predicted molar refractivity (Wildman–Crippen MR) is 109 cm³/mol. The Hall–Kier alpha value is -2.45. The summed E-state index contributed by atoms with van der Waals surface area (Å²) in [5.74, 6) is -1.91. The molecule has 8 heteroatoms. The van der Waals surface area contributed by atoms with Gasteiger partial charge in [0.2, 0.25) is 0 Å². The lowest BCUT2D eigenvalue weighted by molar-refractivity contribution is -0.142. The highest BCUT2D eigenvalue weighted by Gasteiger charge is 2.23. The van der Waals surface area contributed by atoms with Crippen LogP contribution in [0.15, 0.2) is 63.5 Å². The van der Waals surface area contributed by atoms with Crippen molar-refractivity contribution in [2.24, 2.45) is 0 Å². The number of carboxylic acid groups (broad SMARTS) is 1. The monoisotopic (exact) mass is 466 g/mol. The van der Waals surface area contributed by atoms with Crippen molar-refractivity contribution in [2.45, 2.75) is 18.2 Å². The maximum Gasteiger partial charge on any atom is 0.335 e. The highest BCUT2D eigenvalue weighted by atomic mass is 79.9. The maximum absolute atomic E-state index is 12.5. The van der Waals surface area contributed by atoms with E-state index >= 15 is 0 Å². The third-order valence-corrected chi connectivity index (χ3v) is 5.46. The van der Waals surface area contributed by atoms with Crippen LogP contribution in [0.2, 0.25) is 0 Å². The van der Waals surface area contributed by atoms with Gasteiger partial charge in [0.1, 0.15) is 0 Å². The van der Waals surface area contributed by atoms with Gasteiger partial charge in [-0.2, -0.15) is 0 Å². The molecule has 2 aromatic carbocycles. The standard InChI is InChI=1S/C20H19BrO6S/c1-3-27-20(24)17(12-18(22)23)19(14-5-4-6-15(21)11-14)13-7-9-16(10-8-13)28(2,25)26/h4-11H,3,12H2,1-2H3,(H,22,23)/b19-17+. The van der Waals surface area contributed by atoms with Gasteiger partial charge in [-0.15, -0.1) is 0 Å². The van der Waals surface area contributed by atoms with Gasteiger partial charge >= 0.3 is 11.9 Å². The maximum atomic E-state index is 12.5. The summed E-state index contributed by atoms with van der Waals surface area (Å²) in [7, 11) is -3.39.